The number of ether oxygens (including phenoxy) is 1. The fourth-order valence-corrected chi connectivity index (χ4v) is 2.14. The first-order valence-electron chi connectivity index (χ1n) is 5.36. The Kier molecular flexibility index (Phi) is 3.67. The first-order valence-corrected chi connectivity index (χ1v) is 6.15. The van der Waals surface area contributed by atoms with Crippen LogP contribution in [0.4, 0.5) is 0 Å². The maximum Gasteiger partial charge on any atom is 0.325 e. The number of fused-ring (bicyclic) bond motifs is 1. The molecule has 5 nitrogen and oxygen atoms in total. The molecule has 0 amide bonds. The smallest absolute Gasteiger partial charge is 0.325 e. The Labute approximate surface area is 117 Å². The second-order valence-electron chi connectivity index (χ2n) is 3.85. The molecule has 2 aromatic rings. The molecule has 2 rings (SSSR count). The maximum absolute atomic E-state index is 12.0. The van der Waals surface area contributed by atoms with Gasteiger partial charge in [0, 0.05) is 16.1 Å². The molecule has 1 heterocycles. The highest BCUT2D eigenvalue weighted by Gasteiger charge is 2.11. The van der Waals surface area contributed by atoms with Gasteiger partial charge in [-0.3, -0.25) is 9.59 Å². The van der Waals surface area contributed by atoms with Crippen LogP contribution < -0.4 is 5.43 Å². The van der Waals surface area contributed by atoms with Gasteiger partial charge in [-0.1, -0.05) is 15.9 Å². The molecule has 0 atom stereocenters. The summed E-state index contributed by atoms with van der Waals surface area (Å²) in [5.41, 5.74) is 0.229. The van der Waals surface area contributed by atoms with E-state index in [0.29, 0.717) is 10.9 Å². The fourth-order valence-electron chi connectivity index (χ4n) is 1.78. The number of hydrogen-bond donors (Lipinski definition) is 0. The van der Waals surface area contributed by atoms with Gasteiger partial charge in [0.2, 0.25) is 5.43 Å². The third-order valence-electron chi connectivity index (χ3n) is 2.69. The average Bonchev–Trinajstić information content (AvgIpc) is 2.41. The largest absolute Gasteiger partial charge is 0.468 e. The summed E-state index contributed by atoms with van der Waals surface area (Å²) in [5.74, 6) is -0.447. The number of nitriles is 1. The van der Waals surface area contributed by atoms with E-state index >= 15 is 0 Å². The van der Waals surface area contributed by atoms with Gasteiger partial charge in [-0.05, 0) is 18.2 Å². The quantitative estimate of drug-likeness (QED) is 0.791. The minimum atomic E-state index is -0.447. The van der Waals surface area contributed by atoms with E-state index in [0.717, 1.165) is 4.47 Å². The standard InChI is InChI=1S/C13H9BrN2O3/c1-19-12(17)7-16-6-8(5-15)13(18)10-4-9(14)2-3-11(10)16/h2-4,6H,7H2,1H3. The number of hydrogen-bond acceptors (Lipinski definition) is 4. The number of methoxy groups -OCH3 is 1. The highest BCUT2D eigenvalue weighted by atomic mass is 79.9. The second kappa shape index (κ2) is 5.24. The second-order valence-corrected chi connectivity index (χ2v) is 4.76. The number of carbonyl (C=O) groups excluding carboxylic acids is 1. The number of pyridine rings is 1. The third-order valence-corrected chi connectivity index (χ3v) is 3.18. The van der Waals surface area contributed by atoms with Gasteiger partial charge in [-0.2, -0.15) is 5.26 Å². The minimum Gasteiger partial charge on any atom is -0.468 e. The summed E-state index contributed by atoms with van der Waals surface area (Å²) in [6.45, 7) is -0.0520. The van der Waals surface area contributed by atoms with Crippen molar-refractivity contribution in [1.29, 1.82) is 5.26 Å². The molecule has 1 aromatic carbocycles. The highest BCUT2D eigenvalue weighted by Crippen LogP contribution is 2.18. The van der Waals surface area contributed by atoms with E-state index in [1.807, 2.05) is 6.07 Å². The average molecular weight is 321 g/mol. The molecule has 0 aliphatic rings. The fraction of sp³-hybridized carbons (Fsp3) is 0.154. The van der Waals surface area contributed by atoms with E-state index in [2.05, 4.69) is 20.7 Å². The van der Waals surface area contributed by atoms with E-state index in [4.69, 9.17) is 5.26 Å². The zero-order valence-electron chi connectivity index (χ0n) is 10.0. The summed E-state index contributed by atoms with van der Waals surface area (Å²) in [6.07, 6.45) is 1.37. The zero-order valence-corrected chi connectivity index (χ0v) is 11.6. The molecule has 0 N–H and O–H groups in total. The van der Waals surface area contributed by atoms with Gasteiger partial charge in [0.1, 0.15) is 18.2 Å². The topological polar surface area (TPSA) is 72.1 Å². The van der Waals surface area contributed by atoms with Crippen LogP contribution >= 0.6 is 15.9 Å². The number of carbonyl (C=O) groups is 1. The van der Waals surface area contributed by atoms with Gasteiger partial charge in [0.15, 0.2) is 0 Å². The van der Waals surface area contributed by atoms with Crippen LogP contribution in [0.3, 0.4) is 0 Å². The number of esters is 1. The molecule has 0 saturated carbocycles. The van der Waals surface area contributed by atoms with Crippen molar-refractivity contribution in [3.05, 3.63) is 44.7 Å². The van der Waals surface area contributed by atoms with Crippen molar-refractivity contribution in [3.8, 4) is 6.07 Å². The van der Waals surface area contributed by atoms with Gasteiger partial charge in [0.25, 0.3) is 0 Å². The maximum atomic E-state index is 12.0. The molecule has 0 aliphatic heterocycles. The number of rotatable bonds is 2. The van der Waals surface area contributed by atoms with Gasteiger partial charge in [0.05, 0.1) is 12.6 Å². The Balaban J connectivity index is 2.77. The summed E-state index contributed by atoms with van der Waals surface area (Å²) < 4.78 is 6.87. The Hall–Kier alpha value is -2.13. The summed E-state index contributed by atoms with van der Waals surface area (Å²) in [5, 5.41) is 9.36. The molecule has 0 saturated heterocycles. The molecule has 19 heavy (non-hydrogen) atoms. The molecule has 0 spiro atoms. The first kappa shape index (κ1) is 13.3. The molecule has 0 bridgehead atoms. The van der Waals surface area contributed by atoms with Crippen LogP contribution in [0.25, 0.3) is 10.9 Å². The molecular formula is C13H9BrN2O3. The monoisotopic (exact) mass is 320 g/mol. The van der Waals surface area contributed by atoms with Crippen LogP contribution in [0, 0.1) is 11.3 Å². The Morgan fingerprint density at radius 1 is 1.53 bits per heavy atom. The number of halogens is 1. The van der Waals surface area contributed by atoms with Gasteiger partial charge >= 0.3 is 5.97 Å². The lowest BCUT2D eigenvalue weighted by Gasteiger charge is -2.10. The minimum absolute atomic E-state index is 0.00509. The van der Waals surface area contributed by atoms with E-state index < -0.39 is 5.97 Å². The normalized spacial score (nSPS) is 10.2. The SMILES string of the molecule is COC(=O)Cn1cc(C#N)c(=O)c2cc(Br)ccc21. The van der Waals surface area contributed by atoms with Crippen molar-refractivity contribution in [2.75, 3.05) is 7.11 Å². The molecule has 0 radical (unpaired) electrons. The van der Waals surface area contributed by atoms with E-state index in [1.54, 1.807) is 18.2 Å². The predicted octanol–water partition coefficient (Wildman–Crippen LogP) is 1.81. The van der Waals surface area contributed by atoms with Crippen molar-refractivity contribution >= 4 is 32.8 Å². The summed E-state index contributed by atoms with van der Waals surface area (Å²) in [4.78, 5) is 23.4. The van der Waals surface area contributed by atoms with Gasteiger partial charge in [-0.25, -0.2) is 0 Å². The molecule has 0 fully saturated rings. The zero-order chi connectivity index (χ0) is 14.0. The molecule has 0 aliphatic carbocycles. The van der Waals surface area contributed by atoms with Crippen molar-refractivity contribution in [2.45, 2.75) is 6.54 Å². The Morgan fingerprint density at radius 3 is 2.89 bits per heavy atom. The molecular weight excluding hydrogens is 312 g/mol. The summed E-state index contributed by atoms with van der Waals surface area (Å²) in [6, 6.07) is 6.95. The van der Waals surface area contributed by atoms with Crippen LogP contribution in [0.2, 0.25) is 0 Å². The van der Waals surface area contributed by atoms with Gasteiger partial charge < -0.3 is 9.30 Å². The van der Waals surface area contributed by atoms with E-state index in [-0.39, 0.29) is 17.5 Å². The molecule has 0 unspecified atom stereocenters. The van der Waals surface area contributed by atoms with Crippen LogP contribution in [0.1, 0.15) is 5.56 Å². The lowest BCUT2D eigenvalue weighted by atomic mass is 10.1. The molecule has 6 heteroatoms. The number of benzene rings is 1. The van der Waals surface area contributed by atoms with Crippen LogP contribution in [0.15, 0.2) is 33.7 Å². The van der Waals surface area contributed by atoms with Crippen molar-refractivity contribution in [2.24, 2.45) is 0 Å². The van der Waals surface area contributed by atoms with Crippen LogP contribution in [-0.4, -0.2) is 17.6 Å². The number of aromatic nitrogens is 1. The Bertz CT molecular complexity index is 759. The van der Waals surface area contributed by atoms with E-state index in [9.17, 15) is 9.59 Å². The lowest BCUT2D eigenvalue weighted by Crippen LogP contribution is -2.17. The summed E-state index contributed by atoms with van der Waals surface area (Å²) in [7, 11) is 1.29. The Morgan fingerprint density at radius 2 is 2.26 bits per heavy atom. The highest BCUT2D eigenvalue weighted by molar-refractivity contribution is 9.10. The van der Waals surface area contributed by atoms with Gasteiger partial charge in [-0.15, -0.1) is 0 Å². The number of nitrogens with zero attached hydrogens (tertiary/aromatic N) is 2. The van der Waals surface area contributed by atoms with Crippen molar-refractivity contribution in [3.63, 3.8) is 0 Å². The van der Waals surface area contributed by atoms with Crippen molar-refractivity contribution < 1.29 is 9.53 Å². The molecule has 96 valence electrons. The van der Waals surface area contributed by atoms with Crippen molar-refractivity contribution in [1.82, 2.24) is 4.57 Å². The third kappa shape index (κ3) is 2.51. The first-order chi connectivity index (χ1) is 9.06. The molecule has 1 aromatic heterocycles. The lowest BCUT2D eigenvalue weighted by molar-refractivity contribution is -0.141. The van der Waals surface area contributed by atoms with Crippen LogP contribution in [-0.2, 0) is 16.1 Å². The van der Waals surface area contributed by atoms with E-state index in [1.165, 1.54) is 17.9 Å². The van der Waals surface area contributed by atoms with Crippen LogP contribution in [0.5, 0.6) is 0 Å². The summed E-state index contributed by atoms with van der Waals surface area (Å²) >= 11 is 3.28. The predicted molar refractivity (Wildman–Crippen MR) is 72.6 cm³/mol.